The van der Waals surface area contributed by atoms with Crippen molar-refractivity contribution in [3.05, 3.63) is 71.1 Å². The van der Waals surface area contributed by atoms with Crippen LogP contribution in [0, 0.1) is 25.7 Å². The zero-order valence-electron chi connectivity index (χ0n) is 21.3. The minimum atomic E-state index is -0.0475. The van der Waals surface area contributed by atoms with Crippen LogP contribution in [0.3, 0.4) is 0 Å². The second-order valence-corrected chi connectivity index (χ2v) is 9.88. The summed E-state index contributed by atoms with van der Waals surface area (Å²) in [5, 5.41) is 21.9. The fraction of sp³-hybridized carbons (Fsp3) is 0.464. The lowest BCUT2D eigenvalue weighted by atomic mass is 9.89. The molecule has 7 heteroatoms. The van der Waals surface area contributed by atoms with E-state index in [1.165, 1.54) is 0 Å². The summed E-state index contributed by atoms with van der Waals surface area (Å²) in [4.78, 5) is 7.11. The van der Waals surface area contributed by atoms with Gasteiger partial charge in [-0.15, -0.1) is 0 Å². The number of hydrazone groups is 1. The normalized spacial score (nSPS) is 23.1. The molecule has 3 aliphatic rings. The minimum absolute atomic E-state index is 0.0475. The molecule has 35 heavy (non-hydrogen) atoms. The Balaban J connectivity index is 1.52. The zero-order valence-corrected chi connectivity index (χ0v) is 21.3. The Kier molecular flexibility index (Phi) is 6.71. The summed E-state index contributed by atoms with van der Waals surface area (Å²) in [5.74, 6) is 0.735. The Bertz CT molecular complexity index is 1260. The van der Waals surface area contributed by atoms with E-state index >= 15 is 0 Å². The van der Waals surface area contributed by atoms with Crippen molar-refractivity contribution < 1.29 is 5.11 Å². The SMILES string of the molecule is CCN1CCC(C2=NN3C(=CCO)C=C(c4cc5c(C)nc(C)cn5n4)C(C)CC=C3C=C2)CC1. The molecule has 0 saturated carbocycles. The van der Waals surface area contributed by atoms with Crippen molar-refractivity contribution in [2.24, 2.45) is 16.9 Å². The van der Waals surface area contributed by atoms with Crippen LogP contribution in [0.25, 0.3) is 11.1 Å². The second kappa shape index (κ2) is 9.91. The molecule has 2 aromatic rings. The summed E-state index contributed by atoms with van der Waals surface area (Å²) in [6.07, 6.45) is 15.8. The molecule has 0 aliphatic carbocycles. The van der Waals surface area contributed by atoms with Crippen LogP contribution in [-0.2, 0) is 0 Å². The van der Waals surface area contributed by atoms with E-state index in [0.717, 1.165) is 84.2 Å². The Labute approximate surface area is 207 Å². The predicted molar refractivity (Wildman–Crippen MR) is 141 cm³/mol. The number of piperidine rings is 1. The van der Waals surface area contributed by atoms with Gasteiger partial charge in [-0.1, -0.05) is 19.9 Å². The third-order valence-electron chi connectivity index (χ3n) is 7.45. The molecule has 1 atom stereocenters. The summed E-state index contributed by atoms with van der Waals surface area (Å²) in [6, 6.07) is 2.12. The number of aryl methyl sites for hydroxylation is 2. The lowest BCUT2D eigenvalue weighted by Crippen LogP contribution is -2.37. The summed E-state index contributed by atoms with van der Waals surface area (Å²) in [7, 11) is 0. The number of hydrogen-bond acceptors (Lipinski definition) is 6. The molecular weight excluding hydrogens is 436 g/mol. The predicted octanol–water partition coefficient (Wildman–Crippen LogP) is 4.49. The van der Waals surface area contributed by atoms with Crippen LogP contribution < -0.4 is 0 Å². The Morgan fingerprint density at radius 2 is 1.97 bits per heavy atom. The third-order valence-corrected chi connectivity index (χ3v) is 7.45. The molecule has 1 saturated heterocycles. The Morgan fingerprint density at radius 3 is 2.71 bits per heavy atom. The molecule has 0 spiro atoms. The summed E-state index contributed by atoms with van der Waals surface area (Å²) >= 11 is 0. The number of aliphatic hydroxyl groups is 1. The zero-order chi connectivity index (χ0) is 24.5. The highest BCUT2D eigenvalue weighted by molar-refractivity contribution is 5.98. The highest BCUT2D eigenvalue weighted by Gasteiger charge is 2.27. The first-order chi connectivity index (χ1) is 17.0. The first-order valence-corrected chi connectivity index (χ1v) is 12.8. The van der Waals surface area contributed by atoms with Gasteiger partial charge in [-0.25, -0.2) is 9.52 Å². The Morgan fingerprint density at radius 1 is 1.17 bits per heavy atom. The van der Waals surface area contributed by atoms with Crippen molar-refractivity contribution >= 4 is 16.8 Å². The number of likely N-dealkylation sites (tertiary alicyclic amines) is 1. The number of hydrogen-bond donors (Lipinski definition) is 1. The summed E-state index contributed by atoms with van der Waals surface area (Å²) < 4.78 is 1.93. The number of rotatable bonds is 4. The van der Waals surface area contributed by atoms with E-state index in [2.05, 4.69) is 54.1 Å². The average Bonchev–Trinajstić information content (AvgIpc) is 3.28. The van der Waals surface area contributed by atoms with Gasteiger partial charge >= 0.3 is 0 Å². The van der Waals surface area contributed by atoms with Crippen LogP contribution in [0.2, 0.25) is 0 Å². The molecule has 1 fully saturated rings. The largest absolute Gasteiger partial charge is 0.392 e. The van der Waals surface area contributed by atoms with Crippen molar-refractivity contribution in [1.29, 1.82) is 0 Å². The molecular formula is C28H36N6O. The maximum absolute atomic E-state index is 9.89. The van der Waals surface area contributed by atoms with Gasteiger partial charge < -0.3 is 10.0 Å². The standard InChI is InChI=1S/C28H36N6O/c1-5-32-13-10-22(11-14-32)26-9-8-23-7-6-19(2)25(16-24(12-15-35)34(23)31-26)27-17-28-21(4)29-20(3)18-33(28)30-27/h7-9,12,16-19,22,35H,5-6,10-11,13-15H2,1-4H3. The van der Waals surface area contributed by atoms with E-state index in [-0.39, 0.29) is 12.5 Å². The fourth-order valence-electron chi connectivity index (χ4n) is 5.36. The molecule has 2 aromatic heterocycles. The number of aromatic nitrogens is 3. The van der Waals surface area contributed by atoms with Gasteiger partial charge in [-0.2, -0.15) is 10.2 Å². The van der Waals surface area contributed by atoms with Crippen LogP contribution in [-0.4, -0.2) is 61.6 Å². The number of aliphatic hydroxyl groups excluding tert-OH is 1. The van der Waals surface area contributed by atoms with Crippen molar-refractivity contribution in [3.8, 4) is 0 Å². The highest BCUT2D eigenvalue weighted by atomic mass is 16.2. The van der Waals surface area contributed by atoms with Gasteiger partial charge in [0.15, 0.2) is 0 Å². The van der Waals surface area contributed by atoms with Crippen molar-refractivity contribution in [2.75, 3.05) is 26.2 Å². The lowest BCUT2D eigenvalue weighted by Gasteiger charge is -2.34. The van der Waals surface area contributed by atoms with Gasteiger partial charge in [0.25, 0.3) is 0 Å². The lowest BCUT2D eigenvalue weighted by molar-refractivity contribution is 0.218. The summed E-state index contributed by atoms with van der Waals surface area (Å²) in [6.45, 7) is 11.8. The van der Waals surface area contributed by atoms with E-state index < -0.39 is 0 Å². The number of nitrogens with zero attached hydrogens (tertiary/aromatic N) is 6. The average molecular weight is 473 g/mol. The van der Waals surface area contributed by atoms with Crippen LogP contribution in [0.5, 0.6) is 0 Å². The highest BCUT2D eigenvalue weighted by Crippen LogP contribution is 2.35. The van der Waals surface area contributed by atoms with E-state index in [1.807, 2.05) is 35.6 Å². The van der Waals surface area contributed by atoms with Gasteiger partial charge in [0.2, 0.25) is 0 Å². The number of fused-ring (bicyclic) bond motifs is 2. The number of allylic oxidation sites excluding steroid dienone is 5. The molecule has 0 radical (unpaired) electrons. The van der Waals surface area contributed by atoms with Crippen LogP contribution in [0.1, 0.15) is 50.2 Å². The molecule has 3 aliphatic heterocycles. The molecule has 1 N–H and O–H groups in total. The molecule has 0 amide bonds. The molecule has 0 aromatic carbocycles. The minimum Gasteiger partial charge on any atom is -0.392 e. The molecule has 184 valence electrons. The van der Waals surface area contributed by atoms with Crippen LogP contribution in [0.15, 0.2) is 59.1 Å². The first-order valence-electron chi connectivity index (χ1n) is 12.8. The monoisotopic (exact) mass is 472 g/mol. The van der Waals surface area contributed by atoms with Crippen molar-refractivity contribution in [2.45, 2.75) is 47.0 Å². The molecule has 1 unspecified atom stereocenters. The van der Waals surface area contributed by atoms with Crippen molar-refractivity contribution in [1.82, 2.24) is 24.5 Å². The second-order valence-electron chi connectivity index (χ2n) is 9.88. The summed E-state index contributed by atoms with van der Waals surface area (Å²) in [5.41, 5.74) is 8.11. The van der Waals surface area contributed by atoms with Gasteiger partial charge in [-0.05, 0) is 94.6 Å². The van der Waals surface area contributed by atoms with Gasteiger partial charge in [0.1, 0.15) is 0 Å². The van der Waals surface area contributed by atoms with Gasteiger partial charge in [-0.3, -0.25) is 4.98 Å². The molecule has 5 rings (SSSR count). The quantitative estimate of drug-likeness (QED) is 0.710. The van der Waals surface area contributed by atoms with Gasteiger partial charge in [0, 0.05) is 5.92 Å². The van der Waals surface area contributed by atoms with Crippen LogP contribution >= 0.6 is 0 Å². The smallest absolute Gasteiger partial charge is 0.0897 e. The molecule has 5 heterocycles. The Hall–Kier alpha value is -3.03. The van der Waals surface area contributed by atoms with Crippen LogP contribution in [0.4, 0.5) is 0 Å². The first kappa shape index (κ1) is 23.7. The van der Waals surface area contributed by atoms with Gasteiger partial charge in [0.05, 0.1) is 52.5 Å². The van der Waals surface area contributed by atoms with E-state index in [0.29, 0.717) is 5.92 Å². The van der Waals surface area contributed by atoms with Crippen molar-refractivity contribution in [3.63, 3.8) is 0 Å². The fourth-order valence-corrected chi connectivity index (χ4v) is 5.36. The third kappa shape index (κ3) is 4.75. The molecule has 0 bridgehead atoms. The maximum atomic E-state index is 9.89. The van der Waals surface area contributed by atoms with E-state index in [9.17, 15) is 5.11 Å². The topological polar surface area (TPSA) is 69.3 Å². The molecule has 7 nitrogen and oxygen atoms in total. The van der Waals surface area contributed by atoms with E-state index in [4.69, 9.17) is 10.2 Å². The van der Waals surface area contributed by atoms with E-state index in [1.54, 1.807) is 0 Å². The maximum Gasteiger partial charge on any atom is 0.0897 e.